The van der Waals surface area contributed by atoms with E-state index in [4.69, 9.17) is 5.11 Å². The number of aromatic nitrogens is 3. The number of aromatic carboxylic acids is 1. The SMILES string of the molecule is O=C(O)c1ccc2[nH]c(CC3CCC(c4ccnc5ccc(F)cc45)CC3)nc2c1. The van der Waals surface area contributed by atoms with Gasteiger partial charge in [-0.1, -0.05) is 0 Å². The van der Waals surface area contributed by atoms with Gasteiger partial charge in [0, 0.05) is 18.0 Å². The van der Waals surface area contributed by atoms with Crippen molar-refractivity contribution in [3.63, 3.8) is 0 Å². The molecule has 152 valence electrons. The van der Waals surface area contributed by atoms with E-state index in [1.54, 1.807) is 30.3 Å². The highest BCUT2D eigenvalue weighted by Crippen LogP contribution is 2.39. The molecule has 1 aliphatic carbocycles. The summed E-state index contributed by atoms with van der Waals surface area (Å²) in [7, 11) is 0. The Balaban J connectivity index is 1.29. The second-order valence-corrected chi connectivity index (χ2v) is 8.20. The molecule has 4 aromatic rings. The molecule has 30 heavy (non-hydrogen) atoms. The number of hydrogen-bond acceptors (Lipinski definition) is 3. The van der Waals surface area contributed by atoms with E-state index >= 15 is 0 Å². The van der Waals surface area contributed by atoms with Crippen LogP contribution in [0.25, 0.3) is 21.9 Å². The third-order valence-electron chi connectivity index (χ3n) is 6.28. The summed E-state index contributed by atoms with van der Waals surface area (Å²) in [6, 6.07) is 11.8. The van der Waals surface area contributed by atoms with Crippen LogP contribution in [0.3, 0.4) is 0 Å². The zero-order chi connectivity index (χ0) is 20.7. The Labute approximate surface area is 173 Å². The van der Waals surface area contributed by atoms with E-state index < -0.39 is 5.97 Å². The van der Waals surface area contributed by atoms with Gasteiger partial charge in [0.05, 0.1) is 22.1 Å². The summed E-state index contributed by atoms with van der Waals surface area (Å²) in [5.41, 5.74) is 3.86. The van der Waals surface area contributed by atoms with E-state index in [1.165, 1.54) is 11.6 Å². The third kappa shape index (κ3) is 3.54. The lowest BCUT2D eigenvalue weighted by Gasteiger charge is -2.29. The summed E-state index contributed by atoms with van der Waals surface area (Å²) in [5.74, 6) is 0.699. The number of fused-ring (bicyclic) bond motifs is 2. The maximum absolute atomic E-state index is 13.8. The molecule has 0 spiro atoms. The molecule has 5 nitrogen and oxygen atoms in total. The first-order valence-electron chi connectivity index (χ1n) is 10.3. The molecule has 6 heteroatoms. The van der Waals surface area contributed by atoms with Gasteiger partial charge in [-0.25, -0.2) is 14.2 Å². The van der Waals surface area contributed by atoms with Gasteiger partial charge in [-0.3, -0.25) is 4.98 Å². The van der Waals surface area contributed by atoms with Crippen LogP contribution in [0.2, 0.25) is 0 Å². The van der Waals surface area contributed by atoms with Crippen molar-refractivity contribution in [3.8, 4) is 0 Å². The summed E-state index contributed by atoms with van der Waals surface area (Å²) in [6.45, 7) is 0. The van der Waals surface area contributed by atoms with E-state index in [9.17, 15) is 9.18 Å². The fourth-order valence-corrected chi connectivity index (χ4v) is 4.74. The van der Waals surface area contributed by atoms with Gasteiger partial charge in [0.25, 0.3) is 0 Å². The van der Waals surface area contributed by atoms with Crippen molar-refractivity contribution in [2.75, 3.05) is 0 Å². The van der Waals surface area contributed by atoms with Crippen molar-refractivity contribution in [2.45, 2.75) is 38.0 Å². The number of imidazole rings is 1. The van der Waals surface area contributed by atoms with E-state index in [-0.39, 0.29) is 11.4 Å². The second kappa shape index (κ2) is 7.52. The number of aromatic amines is 1. The summed E-state index contributed by atoms with van der Waals surface area (Å²) < 4.78 is 13.8. The van der Waals surface area contributed by atoms with E-state index in [1.807, 2.05) is 12.3 Å². The highest BCUT2D eigenvalue weighted by molar-refractivity contribution is 5.92. The number of hydrogen-bond donors (Lipinski definition) is 2. The van der Waals surface area contributed by atoms with Crippen molar-refractivity contribution in [1.29, 1.82) is 0 Å². The second-order valence-electron chi connectivity index (χ2n) is 8.20. The maximum atomic E-state index is 13.8. The topological polar surface area (TPSA) is 78.9 Å². The molecule has 2 N–H and O–H groups in total. The zero-order valence-electron chi connectivity index (χ0n) is 16.4. The standard InChI is InChI=1S/C24H22FN3O2/c25-17-6-8-20-19(13-17)18(9-10-26-20)15-3-1-14(2-4-15)11-23-27-21-7-5-16(24(29)30)12-22(21)28-23/h5-10,12-15H,1-4,11H2,(H,27,28)(H,29,30). The Kier molecular flexibility index (Phi) is 4.69. The molecule has 0 bridgehead atoms. The fourth-order valence-electron chi connectivity index (χ4n) is 4.74. The Bertz CT molecular complexity index is 1240. The highest BCUT2D eigenvalue weighted by atomic mass is 19.1. The van der Waals surface area contributed by atoms with Crippen molar-refractivity contribution < 1.29 is 14.3 Å². The van der Waals surface area contributed by atoms with Crippen LogP contribution in [0, 0.1) is 11.7 Å². The fraction of sp³-hybridized carbons (Fsp3) is 0.292. The largest absolute Gasteiger partial charge is 0.478 e. The van der Waals surface area contributed by atoms with Crippen molar-refractivity contribution >= 4 is 27.9 Å². The molecule has 5 rings (SSSR count). The number of benzene rings is 2. The molecule has 1 fully saturated rings. The minimum absolute atomic E-state index is 0.221. The predicted molar refractivity (Wildman–Crippen MR) is 113 cm³/mol. The quantitative estimate of drug-likeness (QED) is 0.474. The number of pyridine rings is 1. The first-order chi connectivity index (χ1) is 14.6. The van der Waals surface area contributed by atoms with Crippen LogP contribution in [0.1, 0.15) is 53.3 Å². The molecule has 2 aromatic heterocycles. The van der Waals surface area contributed by atoms with Crippen molar-refractivity contribution in [2.24, 2.45) is 5.92 Å². The molecule has 0 unspecified atom stereocenters. The van der Waals surface area contributed by atoms with Crippen LogP contribution in [0.4, 0.5) is 4.39 Å². The van der Waals surface area contributed by atoms with E-state index in [0.717, 1.165) is 54.3 Å². The average Bonchev–Trinajstić information content (AvgIpc) is 3.15. The Morgan fingerprint density at radius 1 is 1.07 bits per heavy atom. The Morgan fingerprint density at radius 3 is 2.70 bits per heavy atom. The van der Waals surface area contributed by atoms with Crippen molar-refractivity contribution in [3.05, 3.63) is 71.4 Å². The van der Waals surface area contributed by atoms with Gasteiger partial charge in [-0.15, -0.1) is 0 Å². The molecule has 1 aliphatic rings. The van der Waals surface area contributed by atoms with Crippen LogP contribution in [-0.2, 0) is 6.42 Å². The molecule has 0 aliphatic heterocycles. The van der Waals surface area contributed by atoms with Crippen LogP contribution in [0.5, 0.6) is 0 Å². The van der Waals surface area contributed by atoms with E-state index in [2.05, 4.69) is 15.0 Å². The molecular weight excluding hydrogens is 381 g/mol. The smallest absolute Gasteiger partial charge is 0.335 e. The minimum atomic E-state index is -0.941. The van der Waals surface area contributed by atoms with Crippen LogP contribution in [-0.4, -0.2) is 26.0 Å². The number of nitrogens with one attached hydrogen (secondary N) is 1. The first kappa shape index (κ1) is 18.7. The first-order valence-corrected chi connectivity index (χ1v) is 10.3. The summed E-state index contributed by atoms with van der Waals surface area (Å²) in [5, 5.41) is 10.1. The lowest BCUT2D eigenvalue weighted by Crippen LogP contribution is -2.16. The summed E-state index contributed by atoms with van der Waals surface area (Å²) >= 11 is 0. The molecular formula is C24H22FN3O2. The third-order valence-corrected chi connectivity index (χ3v) is 6.28. The number of H-pyrrole nitrogens is 1. The Morgan fingerprint density at radius 2 is 1.90 bits per heavy atom. The molecule has 2 aromatic carbocycles. The van der Waals surface area contributed by atoms with Crippen molar-refractivity contribution in [1.82, 2.24) is 15.0 Å². The number of rotatable bonds is 4. The number of carboxylic acid groups (broad SMARTS) is 1. The van der Waals surface area contributed by atoms with Crippen LogP contribution >= 0.6 is 0 Å². The molecule has 1 saturated carbocycles. The van der Waals surface area contributed by atoms with Gasteiger partial charge in [0.2, 0.25) is 0 Å². The number of halogens is 1. The summed E-state index contributed by atoms with van der Waals surface area (Å²) in [6.07, 6.45) is 6.97. The lowest BCUT2D eigenvalue weighted by atomic mass is 9.77. The van der Waals surface area contributed by atoms with Crippen LogP contribution < -0.4 is 0 Å². The normalized spacial score (nSPS) is 19.4. The Hall–Kier alpha value is -3.28. The molecule has 0 amide bonds. The highest BCUT2D eigenvalue weighted by Gasteiger charge is 2.25. The molecule has 2 heterocycles. The van der Waals surface area contributed by atoms with Gasteiger partial charge < -0.3 is 10.1 Å². The lowest BCUT2D eigenvalue weighted by molar-refractivity contribution is 0.0697. The number of carboxylic acids is 1. The van der Waals surface area contributed by atoms with Gasteiger partial charge >= 0.3 is 5.97 Å². The predicted octanol–water partition coefficient (Wildman–Crippen LogP) is 5.46. The minimum Gasteiger partial charge on any atom is -0.478 e. The molecule has 0 saturated heterocycles. The maximum Gasteiger partial charge on any atom is 0.335 e. The zero-order valence-corrected chi connectivity index (χ0v) is 16.4. The monoisotopic (exact) mass is 403 g/mol. The molecule has 0 atom stereocenters. The van der Waals surface area contributed by atoms with Gasteiger partial charge in [-0.05, 0) is 85.5 Å². The van der Waals surface area contributed by atoms with Gasteiger partial charge in [0.15, 0.2) is 0 Å². The van der Waals surface area contributed by atoms with E-state index in [0.29, 0.717) is 17.4 Å². The van der Waals surface area contributed by atoms with Gasteiger partial charge in [0.1, 0.15) is 11.6 Å². The average molecular weight is 403 g/mol. The molecule has 0 radical (unpaired) electrons. The summed E-state index contributed by atoms with van der Waals surface area (Å²) in [4.78, 5) is 23.5. The number of nitrogens with zero attached hydrogens (tertiary/aromatic N) is 2. The van der Waals surface area contributed by atoms with Crippen LogP contribution in [0.15, 0.2) is 48.7 Å². The van der Waals surface area contributed by atoms with Gasteiger partial charge in [-0.2, -0.15) is 0 Å². The number of carbonyl (C=O) groups is 1.